The van der Waals surface area contributed by atoms with Crippen LogP contribution in [0.4, 0.5) is 0 Å². The summed E-state index contributed by atoms with van der Waals surface area (Å²) in [5.41, 5.74) is 1.73. The lowest BCUT2D eigenvalue weighted by Crippen LogP contribution is -2.41. The van der Waals surface area contributed by atoms with E-state index in [0.29, 0.717) is 25.7 Å². The van der Waals surface area contributed by atoms with Crippen LogP contribution in [0.5, 0.6) is 5.75 Å². The minimum absolute atomic E-state index is 0. The smallest absolute Gasteiger partial charge is 0.119 e. The molecule has 1 aliphatic carbocycles. The second kappa shape index (κ2) is 8.72. The number of rotatable bonds is 6. The molecule has 1 aromatic carbocycles. The third kappa shape index (κ3) is 4.50. The van der Waals surface area contributed by atoms with Crippen molar-refractivity contribution in [1.29, 1.82) is 0 Å². The van der Waals surface area contributed by atoms with Crippen molar-refractivity contribution in [3.63, 3.8) is 0 Å². The molecule has 0 radical (unpaired) electrons. The molecule has 4 heteroatoms. The summed E-state index contributed by atoms with van der Waals surface area (Å²) in [4.78, 5) is 2.43. The number of fused-ring (bicyclic) bond motifs is 1. The highest BCUT2D eigenvalue weighted by Crippen LogP contribution is 2.30. The number of nitrogens with zero attached hydrogens (tertiary/aromatic N) is 1. The van der Waals surface area contributed by atoms with Gasteiger partial charge in [0.25, 0.3) is 0 Å². The first-order chi connectivity index (χ1) is 13.4. The van der Waals surface area contributed by atoms with Gasteiger partial charge >= 0.3 is 0 Å². The molecule has 0 amide bonds. The fourth-order valence-electron chi connectivity index (χ4n) is 3.12. The maximum atomic E-state index is 10.1. The zero-order valence-corrected chi connectivity index (χ0v) is 14.4. The van der Waals surface area contributed by atoms with E-state index in [0.717, 1.165) is 16.0 Å². The van der Waals surface area contributed by atoms with Gasteiger partial charge in [0.1, 0.15) is 5.75 Å². The van der Waals surface area contributed by atoms with Crippen LogP contribution in [0, 0.1) is 0 Å². The van der Waals surface area contributed by atoms with Crippen molar-refractivity contribution >= 4 is 23.7 Å². The van der Waals surface area contributed by atoms with Crippen LogP contribution in [0.15, 0.2) is 35.7 Å². The summed E-state index contributed by atoms with van der Waals surface area (Å²) in [7, 11) is 0. The van der Waals surface area contributed by atoms with Crippen molar-refractivity contribution in [2.24, 2.45) is 0 Å². The van der Waals surface area contributed by atoms with Crippen molar-refractivity contribution in [2.45, 2.75) is 44.9 Å². The van der Waals surface area contributed by atoms with Gasteiger partial charge < -0.3 is 5.11 Å². The van der Waals surface area contributed by atoms with E-state index in [-0.39, 0.29) is 30.7 Å². The molecule has 2 nitrogen and oxygen atoms in total. The first kappa shape index (κ1) is 10.8. The summed E-state index contributed by atoms with van der Waals surface area (Å²) in [5, 5.41) is 12.0. The van der Waals surface area contributed by atoms with E-state index in [2.05, 4.69) is 0 Å². The van der Waals surface area contributed by atoms with Crippen LogP contribution >= 0.6 is 23.7 Å². The Labute approximate surface area is 159 Å². The number of halogens is 1. The molecule has 0 spiro atoms. The Morgan fingerprint density at radius 2 is 2.30 bits per heavy atom. The lowest BCUT2D eigenvalue weighted by atomic mass is 9.86. The third-order valence-corrected chi connectivity index (χ3v) is 5.19. The highest BCUT2D eigenvalue weighted by Gasteiger charge is 2.25. The Kier molecular flexibility index (Phi) is 4.08. The largest absolute Gasteiger partial charge is 0.508 e. The van der Waals surface area contributed by atoms with Gasteiger partial charge in [0.2, 0.25) is 0 Å². The topological polar surface area (TPSA) is 23.5 Å². The fraction of sp³-hybridized carbons (Fsp3) is 0.474. The predicted octanol–water partition coefficient (Wildman–Crippen LogP) is 4.69. The zero-order valence-electron chi connectivity index (χ0n) is 19.8. The summed E-state index contributed by atoms with van der Waals surface area (Å²) in [6.45, 7) is -5.57. The maximum Gasteiger partial charge on any atom is 0.119 e. The van der Waals surface area contributed by atoms with Crippen LogP contribution in [0.1, 0.15) is 45.2 Å². The number of hydrogen-bond donors (Lipinski definition) is 1. The van der Waals surface area contributed by atoms with Gasteiger partial charge in [-0.1, -0.05) is 25.1 Å². The third-order valence-electron chi connectivity index (χ3n) is 4.25. The molecule has 0 bridgehead atoms. The van der Waals surface area contributed by atoms with Gasteiger partial charge in [-0.2, -0.15) is 0 Å². The summed E-state index contributed by atoms with van der Waals surface area (Å²) in [5.74, 6) is 0.215. The second-order valence-electron chi connectivity index (χ2n) is 5.57. The number of thiophene rings is 1. The standard InChI is InChI=1S/C19H25NOS.ClH/c1-2-11-20(12-10-17-6-4-13-22-17)16-8-9-18-15(14-16)5-3-7-19(18)21;/h3-7,13,16,21H,2,8-12,14H2,1H3;1H/t16-;/m0./s1/i1D3,2D2,11D2;. The molecule has 2 aromatic rings. The normalized spacial score (nSPS) is 23.2. The molecule has 0 saturated heterocycles. The molecule has 1 N–H and O–H groups in total. The summed E-state index contributed by atoms with van der Waals surface area (Å²) in [6.07, 6.45) is -1.03. The van der Waals surface area contributed by atoms with E-state index in [4.69, 9.17) is 9.60 Å². The van der Waals surface area contributed by atoms with E-state index >= 15 is 0 Å². The Bertz CT molecular complexity index is 842. The number of aromatic hydroxyl groups is 1. The molecule has 126 valence electrons. The van der Waals surface area contributed by atoms with Gasteiger partial charge in [0.05, 0.1) is 0 Å². The van der Waals surface area contributed by atoms with Gasteiger partial charge in [-0.15, -0.1) is 23.7 Å². The highest BCUT2D eigenvalue weighted by molar-refractivity contribution is 7.09. The van der Waals surface area contributed by atoms with E-state index < -0.39 is 19.7 Å². The first-order valence-corrected chi connectivity index (χ1v) is 8.42. The quantitative estimate of drug-likeness (QED) is 0.809. The molecule has 3 rings (SSSR count). The number of benzene rings is 1. The van der Waals surface area contributed by atoms with Crippen LogP contribution in [-0.4, -0.2) is 29.1 Å². The van der Waals surface area contributed by atoms with Gasteiger partial charge in [-0.05, 0) is 67.2 Å². The van der Waals surface area contributed by atoms with Gasteiger partial charge in [0, 0.05) is 27.1 Å². The number of phenols is 1. The summed E-state index contributed by atoms with van der Waals surface area (Å²) >= 11 is 1.54. The van der Waals surface area contributed by atoms with E-state index in [1.807, 2.05) is 23.6 Å². The SMILES string of the molecule is Cl.[2H]C([2H])([2H])C([2H])([2H])C([2H])([2H])N(CCc1cccs1)[C@H]1CCc2c(O)cccc2C1. The monoisotopic (exact) mass is 358 g/mol. The molecule has 0 saturated carbocycles. The Hall–Kier alpha value is -1.03. The zero-order chi connectivity index (χ0) is 21.4. The van der Waals surface area contributed by atoms with Crippen LogP contribution < -0.4 is 0 Å². The average molecular weight is 359 g/mol. The predicted molar refractivity (Wildman–Crippen MR) is 101 cm³/mol. The van der Waals surface area contributed by atoms with Crippen molar-refractivity contribution in [3.05, 3.63) is 51.7 Å². The Morgan fingerprint density at radius 1 is 1.39 bits per heavy atom. The van der Waals surface area contributed by atoms with Crippen molar-refractivity contribution in [1.82, 2.24) is 4.90 Å². The van der Waals surface area contributed by atoms with Crippen molar-refractivity contribution < 1.29 is 14.7 Å². The van der Waals surface area contributed by atoms with Crippen LogP contribution in [0.25, 0.3) is 0 Å². The molecular weight excluding hydrogens is 326 g/mol. The second-order valence-corrected chi connectivity index (χ2v) is 6.60. The lowest BCUT2D eigenvalue weighted by Gasteiger charge is -2.35. The Balaban J connectivity index is 0.00000320. The number of phenolic OH excluding ortho intramolecular Hbond substituents is 1. The summed E-state index contributed by atoms with van der Waals surface area (Å²) in [6, 6.07) is 8.72. The number of hydrogen-bond acceptors (Lipinski definition) is 3. The van der Waals surface area contributed by atoms with Gasteiger partial charge in [-0.25, -0.2) is 0 Å². The molecule has 23 heavy (non-hydrogen) atoms. The van der Waals surface area contributed by atoms with Crippen LogP contribution in [-0.2, 0) is 19.3 Å². The lowest BCUT2D eigenvalue weighted by molar-refractivity contribution is 0.181. The molecule has 0 fully saturated rings. The maximum absolute atomic E-state index is 10.1. The minimum Gasteiger partial charge on any atom is -0.508 e. The first-order valence-electron chi connectivity index (χ1n) is 11.0. The van der Waals surface area contributed by atoms with Crippen molar-refractivity contribution in [3.8, 4) is 5.75 Å². The van der Waals surface area contributed by atoms with E-state index in [1.165, 1.54) is 16.2 Å². The minimum atomic E-state index is -3.09. The molecule has 0 aliphatic heterocycles. The molecular formula is C19H26ClNOS. The van der Waals surface area contributed by atoms with E-state index in [9.17, 15) is 5.11 Å². The van der Waals surface area contributed by atoms with Gasteiger partial charge in [-0.3, -0.25) is 4.90 Å². The van der Waals surface area contributed by atoms with Crippen molar-refractivity contribution in [2.75, 3.05) is 13.0 Å². The fourth-order valence-corrected chi connectivity index (χ4v) is 3.82. The molecule has 1 aromatic heterocycles. The average Bonchev–Trinajstić information content (AvgIpc) is 3.14. The molecule has 1 heterocycles. The Morgan fingerprint density at radius 3 is 3.09 bits per heavy atom. The van der Waals surface area contributed by atoms with Gasteiger partial charge in [0.15, 0.2) is 0 Å². The van der Waals surface area contributed by atoms with Crippen LogP contribution in [0.2, 0.25) is 0 Å². The molecule has 1 atom stereocenters. The molecule has 0 unspecified atom stereocenters. The van der Waals surface area contributed by atoms with Crippen LogP contribution in [0.3, 0.4) is 0 Å². The highest BCUT2D eigenvalue weighted by atomic mass is 35.5. The van der Waals surface area contributed by atoms with E-state index in [1.54, 1.807) is 12.1 Å². The molecule has 1 aliphatic rings. The summed E-state index contributed by atoms with van der Waals surface area (Å²) < 4.78 is 56.0.